The van der Waals surface area contributed by atoms with Crippen LogP contribution in [0.4, 0.5) is 22.7 Å². The van der Waals surface area contributed by atoms with Gasteiger partial charge in [0.2, 0.25) is 0 Å². The largest absolute Gasteiger partial charge is 0.480 e. The molecular formula is C15H15N5O6. The van der Waals surface area contributed by atoms with Crippen LogP contribution in [-0.4, -0.2) is 27.0 Å². The quantitative estimate of drug-likeness (QED) is 0.311. The van der Waals surface area contributed by atoms with Crippen LogP contribution in [0, 0.1) is 20.2 Å². The molecule has 0 aliphatic rings. The summed E-state index contributed by atoms with van der Waals surface area (Å²) in [7, 11) is 0. The summed E-state index contributed by atoms with van der Waals surface area (Å²) in [5, 5.41) is 34.2. The molecule has 0 aromatic heterocycles. The number of nitro groups is 2. The Morgan fingerprint density at radius 1 is 1.08 bits per heavy atom. The monoisotopic (exact) mass is 361 g/mol. The lowest BCUT2D eigenvalue weighted by molar-refractivity contribution is -0.393. The van der Waals surface area contributed by atoms with Crippen molar-refractivity contribution < 1.29 is 19.7 Å². The number of carboxylic acids is 1. The number of carbonyl (C=O) groups is 1. The molecule has 26 heavy (non-hydrogen) atoms. The fourth-order valence-corrected chi connectivity index (χ4v) is 2.35. The maximum absolute atomic E-state index is 11.5. The number of hydrogen-bond acceptors (Lipinski definition) is 8. The van der Waals surface area contributed by atoms with Crippen LogP contribution in [0.1, 0.15) is 5.56 Å². The standard InChI is InChI=1S/C15H15N5O6/c16-18-11-7-10(13(19(23)24)8-14(11)20(25)26)17-12(15(21)22)6-9-4-2-1-3-5-9/h1-5,7-8,12,17-18H,6,16H2,(H,21,22)/t12-/m0/s1. The summed E-state index contributed by atoms with van der Waals surface area (Å²) in [5.41, 5.74) is 1.17. The molecule has 1 atom stereocenters. The fourth-order valence-electron chi connectivity index (χ4n) is 2.35. The summed E-state index contributed by atoms with van der Waals surface area (Å²) in [6, 6.07) is 9.24. The first-order valence-corrected chi connectivity index (χ1v) is 7.30. The van der Waals surface area contributed by atoms with Crippen LogP contribution in [0.2, 0.25) is 0 Å². The second-order valence-electron chi connectivity index (χ2n) is 5.27. The summed E-state index contributed by atoms with van der Waals surface area (Å²) >= 11 is 0. The Kier molecular flexibility index (Phi) is 5.65. The molecule has 0 unspecified atom stereocenters. The molecule has 136 valence electrons. The summed E-state index contributed by atoms with van der Waals surface area (Å²) < 4.78 is 0. The lowest BCUT2D eigenvalue weighted by Gasteiger charge is -2.16. The van der Waals surface area contributed by atoms with Gasteiger partial charge in [-0.2, -0.15) is 0 Å². The van der Waals surface area contributed by atoms with Crippen LogP contribution in [0.5, 0.6) is 0 Å². The average Bonchev–Trinajstić information content (AvgIpc) is 2.61. The minimum Gasteiger partial charge on any atom is -0.480 e. The molecule has 2 aromatic rings. The predicted octanol–water partition coefficient (Wildman–Crippen LogP) is 1.90. The van der Waals surface area contributed by atoms with E-state index in [1.807, 2.05) is 0 Å². The molecule has 11 heteroatoms. The second-order valence-corrected chi connectivity index (χ2v) is 5.27. The van der Waals surface area contributed by atoms with E-state index in [4.69, 9.17) is 5.84 Å². The topological polar surface area (TPSA) is 174 Å². The predicted molar refractivity (Wildman–Crippen MR) is 92.8 cm³/mol. The second kappa shape index (κ2) is 7.90. The molecule has 0 amide bonds. The van der Waals surface area contributed by atoms with Gasteiger partial charge in [0, 0.05) is 6.42 Å². The highest BCUT2D eigenvalue weighted by Crippen LogP contribution is 2.36. The summed E-state index contributed by atoms with van der Waals surface area (Å²) in [6.45, 7) is 0. The Balaban J connectivity index is 2.42. The van der Waals surface area contributed by atoms with Crippen molar-refractivity contribution in [3.05, 3.63) is 68.3 Å². The molecule has 0 saturated carbocycles. The number of carboxylic acid groups (broad SMARTS) is 1. The molecule has 0 spiro atoms. The number of nitrogens with zero attached hydrogens (tertiary/aromatic N) is 2. The van der Waals surface area contributed by atoms with Gasteiger partial charge in [-0.1, -0.05) is 30.3 Å². The van der Waals surface area contributed by atoms with Crippen LogP contribution in [0.15, 0.2) is 42.5 Å². The van der Waals surface area contributed by atoms with Crippen LogP contribution < -0.4 is 16.6 Å². The summed E-state index contributed by atoms with van der Waals surface area (Å²) in [6.07, 6.45) is 0.0513. The normalized spacial score (nSPS) is 11.4. The highest BCUT2D eigenvalue weighted by Gasteiger charge is 2.27. The molecule has 0 saturated heterocycles. The van der Waals surface area contributed by atoms with Crippen LogP contribution in [0.25, 0.3) is 0 Å². The number of anilines is 2. The Bertz CT molecular complexity index is 842. The molecule has 2 aromatic carbocycles. The Hall–Kier alpha value is -3.73. The first-order chi connectivity index (χ1) is 12.3. The molecule has 5 N–H and O–H groups in total. The average molecular weight is 361 g/mol. The van der Waals surface area contributed by atoms with Gasteiger partial charge in [0.05, 0.1) is 15.9 Å². The number of nitrogen functional groups attached to an aromatic ring is 1. The van der Waals surface area contributed by atoms with E-state index in [1.165, 1.54) is 0 Å². The third-order valence-electron chi connectivity index (χ3n) is 3.57. The van der Waals surface area contributed by atoms with Crippen molar-refractivity contribution in [3.8, 4) is 0 Å². The third kappa shape index (κ3) is 4.21. The van der Waals surface area contributed by atoms with Gasteiger partial charge in [-0.15, -0.1) is 0 Å². The smallest absolute Gasteiger partial charge is 0.326 e. The number of nitro benzene ring substituents is 2. The van der Waals surface area contributed by atoms with E-state index in [-0.39, 0.29) is 17.8 Å². The Labute approximate surface area is 146 Å². The minimum absolute atomic E-state index is 0.0513. The zero-order chi connectivity index (χ0) is 19.3. The molecule has 11 nitrogen and oxygen atoms in total. The maximum atomic E-state index is 11.5. The molecule has 0 radical (unpaired) electrons. The number of hydrogen-bond donors (Lipinski definition) is 4. The lowest BCUT2D eigenvalue weighted by atomic mass is 10.1. The maximum Gasteiger partial charge on any atom is 0.326 e. The number of aliphatic carboxylic acids is 1. The third-order valence-corrected chi connectivity index (χ3v) is 3.57. The van der Waals surface area contributed by atoms with Crippen molar-refractivity contribution in [2.24, 2.45) is 5.84 Å². The number of nitrogens with two attached hydrogens (primary N) is 1. The van der Waals surface area contributed by atoms with Crippen LogP contribution in [-0.2, 0) is 11.2 Å². The van der Waals surface area contributed by atoms with Crippen molar-refractivity contribution in [1.29, 1.82) is 0 Å². The first-order valence-electron chi connectivity index (χ1n) is 7.30. The minimum atomic E-state index is -1.23. The van der Waals surface area contributed by atoms with Crippen molar-refractivity contribution in [3.63, 3.8) is 0 Å². The van der Waals surface area contributed by atoms with E-state index in [0.29, 0.717) is 5.56 Å². The molecular weight excluding hydrogens is 346 g/mol. The molecule has 0 aliphatic carbocycles. The first kappa shape index (κ1) is 18.6. The number of hydrazine groups is 1. The van der Waals surface area contributed by atoms with Crippen molar-refractivity contribution >= 4 is 28.7 Å². The van der Waals surface area contributed by atoms with E-state index in [2.05, 4.69) is 10.7 Å². The van der Waals surface area contributed by atoms with E-state index >= 15 is 0 Å². The van der Waals surface area contributed by atoms with Gasteiger partial charge >= 0.3 is 11.7 Å². The van der Waals surface area contributed by atoms with Crippen molar-refractivity contribution in [2.75, 3.05) is 10.7 Å². The van der Waals surface area contributed by atoms with E-state index < -0.39 is 33.2 Å². The lowest BCUT2D eigenvalue weighted by Crippen LogP contribution is -2.31. The van der Waals surface area contributed by atoms with E-state index in [9.17, 15) is 30.1 Å². The van der Waals surface area contributed by atoms with Gasteiger partial charge in [-0.05, 0) is 11.6 Å². The number of rotatable bonds is 8. The van der Waals surface area contributed by atoms with Gasteiger partial charge in [0.15, 0.2) is 0 Å². The summed E-state index contributed by atoms with van der Waals surface area (Å²) in [5.74, 6) is 4.00. The van der Waals surface area contributed by atoms with Crippen LogP contribution in [0.3, 0.4) is 0 Å². The van der Waals surface area contributed by atoms with Gasteiger partial charge in [-0.3, -0.25) is 26.1 Å². The highest BCUT2D eigenvalue weighted by atomic mass is 16.6. The summed E-state index contributed by atoms with van der Waals surface area (Å²) in [4.78, 5) is 32.1. The van der Waals surface area contributed by atoms with Gasteiger partial charge in [0.25, 0.3) is 5.69 Å². The number of benzene rings is 2. The Morgan fingerprint density at radius 2 is 1.65 bits per heavy atom. The molecule has 2 rings (SSSR count). The molecule has 0 aliphatic heterocycles. The van der Waals surface area contributed by atoms with Crippen LogP contribution >= 0.6 is 0 Å². The fraction of sp³-hybridized carbons (Fsp3) is 0.133. The van der Waals surface area contributed by atoms with Gasteiger partial charge < -0.3 is 15.8 Å². The van der Waals surface area contributed by atoms with E-state index in [0.717, 1.165) is 12.1 Å². The van der Waals surface area contributed by atoms with Gasteiger partial charge in [0.1, 0.15) is 17.4 Å². The Morgan fingerprint density at radius 3 is 2.15 bits per heavy atom. The molecule has 0 bridgehead atoms. The number of nitrogens with one attached hydrogen (secondary N) is 2. The SMILES string of the molecule is NNc1cc(N[C@@H](Cc2ccccc2)C(=O)O)c([N+](=O)[O-])cc1[N+](=O)[O-]. The zero-order valence-electron chi connectivity index (χ0n) is 13.3. The van der Waals surface area contributed by atoms with Crippen molar-refractivity contribution in [1.82, 2.24) is 0 Å². The zero-order valence-corrected chi connectivity index (χ0v) is 13.3. The van der Waals surface area contributed by atoms with Crippen molar-refractivity contribution in [2.45, 2.75) is 12.5 Å². The highest BCUT2D eigenvalue weighted by molar-refractivity contribution is 5.82. The van der Waals surface area contributed by atoms with E-state index in [1.54, 1.807) is 30.3 Å². The molecule has 0 heterocycles. The van der Waals surface area contributed by atoms with Gasteiger partial charge in [-0.25, -0.2) is 4.79 Å². The molecule has 0 fully saturated rings.